The van der Waals surface area contributed by atoms with Gasteiger partial charge >= 0.3 is 5.97 Å². The van der Waals surface area contributed by atoms with E-state index in [1.54, 1.807) is 0 Å². The highest BCUT2D eigenvalue weighted by Gasteiger charge is 2.13. The number of aliphatic hydroxyl groups is 1. The summed E-state index contributed by atoms with van der Waals surface area (Å²) in [4.78, 5) is 17.7. The van der Waals surface area contributed by atoms with Crippen LogP contribution in [0, 0.1) is 0 Å². The maximum absolute atomic E-state index is 12.7. The number of rotatable bonds is 50. The van der Waals surface area contributed by atoms with Crippen LogP contribution in [0.5, 0.6) is 0 Å². The average Bonchev–Trinajstić information content (AvgIpc) is 3.23. The Hall–Kier alpha value is -0.690. The second-order valence-corrected chi connectivity index (χ2v) is 18.4. The summed E-state index contributed by atoms with van der Waals surface area (Å²) < 4.78 is 5.70. The number of nitrogens with zero attached hydrogens (tertiary/aromatic N) is 2. The topological polar surface area (TPSA) is 79.0 Å². The van der Waals surface area contributed by atoms with Gasteiger partial charge in [0.05, 0.1) is 19.1 Å². The molecular formula is C52H107N3O3. The standard InChI is InChI=1S/C52H107N3O3/c1-4-7-10-13-16-19-22-25-28-31-34-37-43-54(47-42-52(57)58-48-41-36-33-30-27-24-21-18-15-12-9-6-3)44-39-40-46-55(50-51(56)49-53)45-38-35-32-29-26-23-20-17-14-11-8-5-2/h51,56H,4-50,53H2,1-3H3. The molecule has 0 spiro atoms. The Morgan fingerprint density at radius 3 is 1.02 bits per heavy atom. The molecule has 58 heavy (non-hydrogen) atoms. The summed E-state index contributed by atoms with van der Waals surface area (Å²) in [5, 5.41) is 10.4. The lowest BCUT2D eigenvalue weighted by Crippen LogP contribution is -2.38. The molecule has 1 atom stereocenters. The second kappa shape index (κ2) is 49.0. The molecule has 0 fully saturated rings. The Bertz CT molecular complexity index is 783. The third-order valence-corrected chi connectivity index (χ3v) is 12.5. The predicted octanol–water partition coefficient (Wildman–Crippen LogP) is 14.7. The molecular weight excluding hydrogens is 715 g/mol. The molecule has 0 aliphatic carbocycles. The molecule has 0 amide bonds. The van der Waals surface area contributed by atoms with Crippen molar-refractivity contribution in [3.8, 4) is 0 Å². The first-order valence-corrected chi connectivity index (χ1v) is 26.6. The van der Waals surface area contributed by atoms with Crippen molar-refractivity contribution in [2.24, 2.45) is 5.73 Å². The SMILES string of the molecule is CCCCCCCCCCCCCCOC(=O)CCN(CCCCCCCCCCCCCC)CCCCN(CCCCCCCCCCCCCC)CC(O)CN. The van der Waals surface area contributed by atoms with Gasteiger partial charge in [-0.3, -0.25) is 4.79 Å². The normalized spacial score (nSPS) is 12.3. The van der Waals surface area contributed by atoms with Crippen molar-refractivity contribution >= 4 is 5.97 Å². The van der Waals surface area contributed by atoms with Gasteiger partial charge in [-0.1, -0.05) is 233 Å². The minimum atomic E-state index is -0.444. The van der Waals surface area contributed by atoms with Crippen molar-refractivity contribution in [3.05, 3.63) is 0 Å². The molecule has 348 valence electrons. The number of carbonyl (C=O) groups excluding carboxylic acids is 1. The van der Waals surface area contributed by atoms with Crippen LogP contribution in [0.3, 0.4) is 0 Å². The van der Waals surface area contributed by atoms with E-state index < -0.39 is 6.10 Å². The Kier molecular flexibility index (Phi) is 48.4. The summed E-state index contributed by atoms with van der Waals surface area (Å²) in [5.74, 6) is -0.0212. The molecule has 0 aliphatic rings. The molecule has 0 aliphatic heterocycles. The number of hydrogen-bond donors (Lipinski definition) is 2. The molecule has 0 aromatic rings. The minimum absolute atomic E-state index is 0.0212. The van der Waals surface area contributed by atoms with Crippen molar-refractivity contribution in [1.82, 2.24) is 9.80 Å². The van der Waals surface area contributed by atoms with Crippen molar-refractivity contribution in [3.63, 3.8) is 0 Å². The van der Waals surface area contributed by atoms with Crippen LogP contribution in [0.1, 0.15) is 271 Å². The third kappa shape index (κ3) is 44.9. The summed E-state index contributed by atoms with van der Waals surface area (Å²) >= 11 is 0. The molecule has 0 aromatic carbocycles. The largest absolute Gasteiger partial charge is 0.466 e. The molecule has 0 radical (unpaired) electrons. The van der Waals surface area contributed by atoms with Gasteiger partial charge in [0, 0.05) is 19.6 Å². The lowest BCUT2D eigenvalue weighted by atomic mass is 10.1. The fourth-order valence-electron chi connectivity index (χ4n) is 8.48. The van der Waals surface area contributed by atoms with Crippen LogP contribution in [0.25, 0.3) is 0 Å². The molecule has 0 aromatic heterocycles. The zero-order chi connectivity index (χ0) is 42.3. The zero-order valence-corrected chi connectivity index (χ0v) is 40.0. The van der Waals surface area contributed by atoms with Gasteiger partial charge in [-0.2, -0.15) is 0 Å². The first-order chi connectivity index (χ1) is 28.6. The van der Waals surface area contributed by atoms with Crippen LogP contribution < -0.4 is 5.73 Å². The second-order valence-electron chi connectivity index (χ2n) is 18.4. The van der Waals surface area contributed by atoms with Crippen LogP contribution >= 0.6 is 0 Å². The van der Waals surface area contributed by atoms with E-state index in [0.29, 0.717) is 26.1 Å². The lowest BCUT2D eigenvalue weighted by molar-refractivity contribution is -0.144. The summed E-state index contributed by atoms with van der Waals surface area (Å²) in [6, 6.07) is 0. The van der Waals surface area contributed by atoms with E-state index in [1.807, 2.05) is 0 Å². The molecule has 1 unspecified atom stereocenters. The lowest BCUT2D eigenvalue weighted by Gasteiger charge is -2.26. The monoisotopic (exact) mass is 822 g/mol. The summed E-state index contributed by atoms with van der Waals surface area (Å²) in [6.07, 6.45) is 50.9. The van der Waals surface area contributed by atoms with E-state index in [4.69, 9.17) is 10.5 Å². The van der Waals surface area contributed by atoms with E-state index in [2.05, 4.69) is 30.6 Å². The third-order valence-electron chi connectivity index (χ3n) is 12.5. The predicted molar refractivity (Wildman–Crippen MR) is 256 cm³/mol. The van der Waals surface area contributed by atoms with Crippen LogP contribution in [-0.4, -0.2) is 79.4 Å². The number of esters is 1. The summed E-state index contributed by atoms with van der Waals surface area (Å²) in [5.41, 5.74) is 5.82. The van der Waals surface area contributed by atoms with Gasteiger partial charge in [-0.25, -0.2) is 0 Å². The summed E-state index contributed by atoms with van der Waals surface area (Å²) in [6.45, 7) is 13.5. The van der Waals surface area contributed by atoms with Crippen molar-refractivity contribution in [2.45, 2.75) is 277 Å². The Labute approximate surface area is 364 Å². The Morgan fingerprint density at radius 1 is 0.414 bits per heavy atom. The molecule has 0 rings (SSSR count). The molecule has 0 saturated heterocycles. The first-order valence-electron chi connectivity index (χ1n) is 26.6. The number of unbranched alkanes of at least 4 members (excludes halogenated alkanes) is 34. The number of ether oxygens (including phenoxy) is 1. The Balaban J connectivity index is 4.48. The molecule has 0 heterocycles. The van der Waals surface area contributed by atoms with Gasteiger partial charge in [0.1, 0.15) is 0 Å². The van der Waals surface area contributed by atoms with Crippen LogP contribution in [0.2, 0.25) is 0 Å². The number of carbonyl (C=O) groups is 1. The number of hydrogen-bond acceptors (Lipinski definition) is 6. The molecule has 6 nitrogen and oxygen atoms in total. The van der Waals surface area contributed by atoms with Crippen LogP contribution in [0.4, 0.5) is 0 Å². The van der Waals surface area contributed by atoms with Gasteiger partial charge < -0.3 is 25.4 Å². The highest BCUT2D eigenvalue weighted by Crippen LogP contribution is 2.15. The van der Waals surface area contributed by atoms with E-state index in [9.17, 15) is 9.90 Å². The minimum Gasteiger partial charge on any atom is -0.466 e. The molecule has 0 bridgehead atoms. The zero-order valence-electron chi connectivity index (χ0n) is 40.0. The average molecular weight is 822 g/mol. The van der Waals surface area contributed by atoms with Crippen LogP contribution in [-0.2, 0) is 9.53 Å². The van der Waals surface area contributed by atoms with Crippen molar-refractivity contribution in [1.29, 1.82) is 0 Å². The first kappa shape index (κ1) is 57.3. The van der Waals surface area contributed by atoms with E-state index >= 15 is 0 Å². The maximum atomic E-state index is 12.7. The molecule has 6 heteroatoms. The fraction of sp³-hybridized carbons (Fsp3) is 0.981. The summed E-state index contributed by atoms with van der Waals surface area (Å²) in [7, 11) is 0. The molecule has 0 saturated carbocycles. The maximum Gasteiger partial charge on any atom is 0.307 e. The number of aliphatic hydroxyl groups excluding tert-OH is 1. The number of nitrogens with two attached hydrogens (primary N) is 1. The van der Waals surface area contributed by atoms with Gasteiger partial charge in [-0.15, -0.1) is 0 Å². The van der Waals surface area contributed by atoms with Gasteiger partial charge in [0.2, 0.25) is 0 Å². The Morgan fingerprint density at radius 2 is 0.690 bits per heavy atom. The van der Waals surface area contributed by atoms with Crippen molar-refractivity contribution < 1.29 is 14.6 Å². The van der Waals surface area contributed by atoms with Gasteiger partial charge in [-0.05, 0) is 58.3 Å². The van der Waals surface area contributed by atoms with Gasteiger partial charge in [0.25, 0.3) is 0 Å². The smallest absolute Gasteiger partial charge is 0.307 e. The highest BCUT2D eigenvalue weighted by molar-refractivity contribution is 5.69. The van der Waals surface area contributed by atoms with Crippen molar-refractivity contribution in [2.75, 3.05) is 52.4 Å². The van der Waals surface area contributed by atoms with Gasteiger partial charge in [0.15, 0.2) is 0 Å². The highest BCUT2D eigenvalue weighted by atomic mass is 16.5. The van der Waals surface area contributed by atoms with Crippen LogP contribution in [0.15, 0.2) is 0 Å². The van der Waals surface area contributed by atoms with E-state index in [1.165, 1.54) is 225 Å². The molecule has 3 N–H and O–H groups in total. The van der Waals surface area contributed by atoms with E-state index in [0.717, 1.165) is 52.0 Å². The fourth-order valence-corrected chi connectivity index (χ4v) is 8.48. The van der Waals surface area contributed by atoms with E-state index in [-0.39, 0.29) is 5.97 Å². The quantitative estimate of drug-likeness (QED) is 0.0470.